The van der Waals surface area contributed by atoms with Crippen LogP contribution in [0.15, 0.2) is 42.5 Å². The number of amides is 2. The number of hydrogen-bond acceptors (Lipinski definition) is 3. The highest BCUT2D eigenvalue weighted by atomic mass is 16.2. The van der Waals surface area contributed by atoms with Gasteiger partial charge in [0, 0.05) is 49.5 Å². The predicted octanol–water partition coefficient (Wildman–Crippen LogP) is 3.61. The van der Waals surface area contributed by atoms with E-state index in [1.165, 1.54) is 0 Å². The second kappa shape index (κ2) is 8.25. The van der Waals surface area contributed by atoms with E-state index < -0.39 is 0 Å². The van der Waals surface area contributed by atoms with Crippen LogP contribution < -0.4 is 10.2 Å². The molecular weight excluding hydrogens is 338 g/mol. The first kappa shape index (κ1) is 19.0. The molecule has 27 heavy (non-hydrogen) atoms. The van der Waals surface area contributed by atoms with E-state index >= 15 is 0 Å². The Morgan fingerprint density at radius 1 is 0.926 bits per heavy atom. The summed E-state index contributed by atoms with van der Waals surface area (Å²) in [7, 11) is 0. The number of carbonyl (C=O) groups excluding carboxylic acids is 2. The number of aryl methyl sites for hydroxylation is 2. The molecule has 5 nitrogen and oxygen atoms in total. The van der Waals surface area contributed by atoms with Gasteiger partial charge >= 0.3 is 0 Å². The maximum absolute atomic E-state index is 12.5. The molecule has 2 aromatic carbocycles. The fourth-order valence-electron chi connectivity index (χ4n) is 3.50. The molecule has 3 rings (SSSR count). The minimum atomic E-state index is -0.0961. The summed E-state index contributed by atoms with van der Waals surface area (Å²) in [6.45, 7) is 9.08. The van der Waals surface area contributed by atoms with E-state index in [2.05, 4.69) is 16.3 Å². The summed E-state index contributed by atoms with van der Waals surface area (Å²) in [5, 5.41) is 2.96. The van der Waals surface area contributed by atoms with Gasteiger partial charge in [-0.3, -0.25) is 9.59 Å². The summed E-state index contributed by atoms with van der Waals surface area (Å²) >= 11 is 0. The molecule has 1 aliphatic heterocycles. The van der Waals surface area contributed by atoms with Crippen molar-refractivity contribution in [3.8, 4) is 0 Å². The summed E-state index contributed by atoms with van der Waals surface area (Å²) in [4.78, 5) is 28.5. The van der Waals surface area contributed by atoms with Gasteiger partial charge < -0.3 is 15.1 Å². The Balaban J connectivity index is 1.61. The van der Waals surface area contributed by atoms with Crippen LogP contribution in [-0.4, -0.2) is 42.9 Å². The van der Waals surface area contributed by atoms with Crippen molar-refractivity contribution >= 4 is 23.2 Å². The number of benzene rings is 2. The largest absolute Gasteiger partial charge is 0.368 e. The second-order valence-electron chi connectivity index (χ2n) is 7.10. The maximum Gasteiger partial charge on any atom is 0.255 e. The van der Waals surface area contributed by atoms with E-state index in [9.17, 15) is 9.59 Å². The van der Waals surface area contributed by atoms with Crippen molar-refractivity contribution in [1.82, 2.24) is 4.90 Å². The van der Waals surface area contributed by atoms with Crippen LogP contribution in [0.1, 0.15) is 34.8 Å². The van der Waals surface area contributed by atoms with Crippen molar-refractivity contribution in [3.05, 3.63) is 59.2 Å². The van der Waals surface area contributed by atoms with Crippen molar-refractivity contribution in [2.24, 2.45) is 0 Å². The monoisotopic (exact) mass is 365 g/mol. The lowest BCUT2D eigenvalue weighted by Gasteiger charge is -2.36. The standard InChI is InChI=1S/C22H27N3O2/c1-4-21(26)25-11-9-24(10-12-25)20-7-5-19(6-8-20)23-22(27)18-14-16(2)13-17(3)15-18/h5-8,13-15H,4,9-12H2,1-3H3,(H,23,27). The Kier molecular flexibility index (Phi) is 5.79. The fourth-order valence-corrected chi connectivity index (χ4v) is 3.50. The van der Waals surface area contributed by atoms with Crippen molar-refractivity contribution in [2.45, 2.75) is 27.2 Å². The normalized spacial score (nSPS) is 14.2. The molecule has 0 radical (unpaired) electrons. The highest BCUT2D eigenvalue weighted by Crippen LogP contribution is 2.20. The molecule has 0 atom stereocenters. The molecule has 0 aliphatic carbocycles. The van der Waals surface area contributed by atoms with Gasteiger partial charge in [-0.25, -0.2) is 0 Å². The highest BCUT2D eigenvalue weighted by Gasteiger charge is 2.20. The van der Waals surface area contributed by atoms with Crippen LogP contribution in [0.5, 0.6) is 0 Å². The van der Waals surface area contributed by atoms with Crippen molar-refractivity contribution in [2.75, 3.05) is 36.4 Å². The minimum absolute atomic E-state index is 0.0961. The molecule has 1 N–H and O–H groups in total. The quantitative estimate of drug-likeness (QED) is 0.900. The van der Waals surface area contributed by atoms with E-state index in [1.54, 1.807) is 0 Å². The van der Waals surface area contributed by atoms with Crippen molar-refractivity contribution in [1.29, 1.82) is 0 Å². The average Bonchev–Trinajstić information content (AvgIpc) is 2.67. The smallest absolute Gasteiger partial charge is 0.255 e. The van der Waals surface area contributed by atoms with Gasteiger partial charge in [-0.2, -0.15) is 0 Å². The van der Waals surface area contributed by atoms with Crippen molar-refractivity contribution in [3.63, 3.8) is 0 Å². The van der Waals surface area contributed by atoms with Gasteiger partial charge in [0.1, 0.15) is 0 Å². The number of piperazine rings is 1. The molecule has 2 aromatic rings. The second-order valence-corrected chi connectivity index (χ2v) is 7.10. The number of anilines is 2. The lowest BCUT2D eigenvalue weighted by atomic mass is 10.1. The molecular formula is C22H27N3O2. The van der Waals surface area contributed by atoms with Crippen LogP contribution in [0.2, 0.25) is 0 Å². The molecule has 0 spiro atoms. The SMILES string of the molecule is CCC(=O)N1CCN(c2ccc(NC(=O)c3cc(C)cc(C)c3)cc2)CC1. The first-order valence-electron chi connectivity index (χ1n) is 9.48. The van der Waals surface area contributed by atoms with E-state index in [0.717, 1.165) is 48.7 Å². The lowest BCUT2D eigenvalue weighted by Crippen LogP contribution is -2.48. The van der Waals surface area contributed by atoms with Crippen LogP contribution in [-0.2, 0) is 4.79 Å². The van der Waals surface area contributed by atoms with Crippen LogP contribution in [0, 0.1) is 13.8 Å². The predicted molar refractivity (Wildman–Crippen MR) is 109 cm³/mol. The Morgan fingerprint density at radius 2 is 1.52 bits per heavy atom. The molecule has 1 fully saturated rings. The minimum Gasteiger partial charge on any atom is -0.368 e. The summed E-state index contributed by atoms with van der Waals surface area (Å²) < 4.78 is 0. The molecule has 0 aromatic heterocycles. The van der Waals surface area contributed by atoms with Gasteiger partial charge in [0.2, 0.25) is 5.91 Å². The first-order chi connectivity index (χ1) is 13.0. The zero-order valence-electron chi connectivity index (χ0n) is 16.3. The third-order valence-corrected chi connectivity index (χ3v) is 4.91. The summed E-state index contributed by atoms with van der Waals surface area (Å²) in [6, 6.07) is 13.8. The molecule has 1 heterocycles. The number of rotatable bonds is 4. The summed E-state index contributed by atoms with van der Waals surface area (Å²) in [6.07, 6.45) is 0.564. The van der Waals surface area contributed by atoms with E-state index in [1.807, 2.05) is 62.1 Å². The van der Waals surface area contributed by atoms with Crippen LogP contribution in [0.25, 0.3) is 0 Å². The Hall–Kier alpha value is -2.82. The molecule has 0 unspecified atom stereocenters. The maximum atomic E-state index is 12.5. The highest BCUT2D eigenvalue weighted by molar-refractivity contribution is 6.04. The number of carbonyl (C=O) groups is 2. The Labute approximate surface area is 161 Å². The fraction of sp³-hybridized carbons (Fsp3) is 0.364. The molecule has 1 aliphatic rings. The Morgan fingerprint density at radius 3 is 2.07 bits per heavy atom. The van der Waals surface area contributed by atoms with Gasteiger partial charge in [0.15, 0.2) is 0 Å². The van der Waals surface area contributed by atoms with Gasteiger partial charge in [0.05, 0.1) is 0 Å². The van der Waals surface area contributed by atoms with Crippen molar-refractivity contribution < 1.29 is 9.59 Å². The van der Waals surface area contributed by atoms with Gasteiger partial charge in [-0.05, 0) is 50.2 Å². The van der Waals surface area contributed by atoms with Gasteiger partial charge in [-0.1, -0.05) is 24.1 Å². The molecule has 142 valence electrons. The van der Waals surface area contributed by atoms with Gasteiger partial charge in [0.25, 0.3) is 5.91 Å². The third-order valence-electron chi connectivity index (χ3n) is 4.91. The number of nitrogens with one attached hydrogen (secondary N) is 1. The summed E-state index contributed by atoms with van der Waals surface area (Å²) in [5.74, 6) is 0.125. The topological polar surface area (TPSA) is 52.7 Å². The number of nitrogens with zero attached hydrogens (tertiary/aromatic N) is 2. The number of hydrogen-bond donors (Lipinski definition) is 1. The third kappa shape index (κ3) is 4.67. The molecule has 1 saturated heterocycles. The van der Waals surface area contributed by atoms with E-state index in [-0.39, 0.29) is 11.8 Å². The zero-order valence-corrected chi connectivity index (χ0v) is 16.3. The zero-order chi connectivity index (χ0) is 19.4. The lowest BCUT2D eigenvalue weighted by molar-refractivity contribution is -0.131. The van der Waals surface area contributed by atoms with Crippen LogP contribution in [0.4, 0.5) is 11.4 Å². The van der Waals surface area contributed by atoms with Gasteiger partial charge in [-0.15, -0.1) is 0 Å². The molecule has 5 heteroatoms. The molecule has 0 saturated carbocycles. The van der Waals surface area contributed by atoms with Crippen LogP contribution >= 0.6 is 0 Å². The summed E-state index contributed by atoms with van der Waals surface area (Å²) in [5.41, 5.74) is 4.73. The van der Waals surface area contributed by atoms with Crippen LogP contribution in [0.3, 0.4) is 0 Å². The Bertz CT molecular complexity index is 802. The average molecular weight is 365 g/mol. The molecule has 2 amide bonds. The first-order valence-corrected chi connectivity index (χ1v) is 9.48. The van der Waals surface area contributed by atoms with E-state index in [4.69, 9.17) is 0 Å². The van der Waals surface area contributed by atoms with E-state index in [0.29, 0.717) is 12.0 Å². The molecule has 0 bridgehead atoms.